The highest BCUT2D eigenvalue weighted by Crippen LogP contribution is 2.44. The van der Waals surface area contributed by atoms with Crippen LogP contribution in [-0.4, -0.2) is 4.57 Å². The number of hydrogen-bond donors (Lipinski definition) is 0. The fraction of sp³-hybridized carbons (Fsp3) is 0.109. The molecule has 0 spiro atoms. The second-order valence-electron chi connectivity index (χ2n) is 16.5. The summed E-state index contributed by atoms with van der Waals surface area (Å²) in [5, 5.41) is 16.2. The molecule has 0 N–H and O–H groups in total. The number of hydrogen-bond acceptors (Lipinski definition) is 3. The summed E-state index contributed by atoms with van der Waals surface area (Å²) in [7, 11) is 0. The van der Waals surface area contributed by atoms with Crippen LogP contribution in [0.2, 0.25) is 0 Å². The Morgan fingerprint density at radius 3 is 1.98 bits per heavy atom. The summed E-state index contributed by atoms with van der Waals surface area (Å²) in [5.74, 6) is 0.762. The first-order valence-corrected chi connectivity index (χ1v) is 20.6. The summed E-state index contributed by atoms with van der Waals surface area (Å²) in [5.41, 5.74) is 17.9. The Morgan fingerprint density at radius 2 is 1.22 bits per heavy atom. The van der Waals surface area contributed by atoms with Gasteiger partial charge in [0.25, 0.3) is 0 Å². The molecule has 12 rings (SSSR count). The summed E-state index contributed by atoms with van der Waals surface area (Å²) in [6.45, 7) is 4.55. The van der Waals surface area contributed by atoms with Gasteiger partial charge in [-0.3, -0.25) is 0 Å². The third-order valence-electron chi connectivity index (χ3n) is 12.9. The van der Waals surface area contributed by atoms with E-state index in [1.54, 1.807) is 0 Å². The van der Waals surface area contributed by atoms with E-state index in [0.717, 1.165) is 95.3 Å². The molecule has 0 saturated carbocycles. The lowest BCUT2D eigenvalue weighted by molar-refractivity contribution is 0.667. The molecule has 8 aromatic carbocycles. The summed E-state index contributed by atoms with van der Waals surface area (Å²) < 4.78 is 15.2. The Morgan fingerprint density at radius 1 is 0.559 bits per heavy atom. The van der Waals surface area contributed by atoms with Crippen LogP contribution >= 0.6 is 0 Å². The zero-order chi connectivity index (χ0) is 39.4. The number of nitriles is 1. The Balaban J connectivity index is 0.955. The quantitative estimate of drug-likeness (QED) is 0.180. The van der Waals surface area contributed by atoms with Gasteiger partial charge in [0.1, 0.15) is 22.3 Å². The molecule has 4 heteroatoms. The maximum atomic E-state index is 9.65. The van der Waals surface area contributed by atoms with Gasteiger partial charge in [-0.15, -0.1) is 0 Å². The van der Waals surface area contributed by atoms with E-state index in [-0.39, 0.29) is 5.92 Å². The molecule has 1 unspecified atom stereocenters. The van der Waals surface area contributed by atoms with Gasteiger partial charge in [0.2, 0.25) is 0 Å². The van der Waals surface area contributed by atoms with E-state index < -0.39 is 0 Å². The van der Waals surface area contributed by atoms with Crippen molar-refractivity contribution in [3.05, 3.63) is 186 Å². The normalized spacial score (nSPS) is 14.1. The topological polar surface area (TPSA) is 55.0 Å². The number of para-hydroxylation sites is 1. The van der Waals surface area contributed by atoms with Gasteiger partial charge in [0.05, 0.1) is 22.7 Å². The molecule has 0 saturated heterocycles. The van der Waals surface area contributed by atoms with Gasteiger partial charge < -0.3 is 13.4 Å². The van der Waals surface area contributed by atoms with Crippen LogP contribution in [0.1, 0.15) is 59.9 Å². The van der Waals surface area contributed by atoms with Crippen LogP contribution in [0.3, 0.4) is 0 Å². The van der Waals surface area contributed by atoms with Gasteiger partial charge in [-0.25, -0.2) is 0 Å². The van der Waals surface area contributed by atoms with Crippen molar-refractivity contribution in [3.8, 4) is 34.0 Å². The van der Waals surface area contributed by atoms with Crippen molar-refractivity contribution >= 4 is 65.7 Å². The maximum Gasteiger partial charge on any atom is 0.135 e. The zero-order valence-electron chi connectivity index (χ0n) is 32.8. The van der Waals surface area contributed by atoms with Gasteiger partial charge in [0.15, 0.2) is 0 Å². The number of aryl methyl sites for hydroxylation is 1. The first kappa shape index (κ1) is 33.8. The Bertz CT molecular complexity index is 3570. The van der Waals surface area contributed by atoms with Crippen molar-refractivity contribution in [3.63, 3.8) is 0 Å². The molecule has 3 aromatic heterocycles. The van der Waals surface area contributed by atoms with Crippen LogP contribution in [0.15, 0.2) is 167 Å². The predicted octanol–water partition coefficient (Wildman–Crippen LogP) is 15.0. The first-order valence-electron chi connectivity index (χ1n) is 20.6. The molecule has 4 nitrogen and oxygen atoms in total. The van der Waals surface area contributed by atoms with E-state index in [9.17, 15) is 5.26 Å². The van der Waals surface area contributed by atoms with E-state index in [2.05, 4.69) is 170 Å². The Labute approximate surface area is 341 Å². The number of rotatable bonds is 4. The van der Waals surface area contributed by atoms with Crippen molar-refractivity contribution < 1.29 is 8.83 Å². The van der Waals surface area contributed by atoms with Crippen molar-refractivity contribution in [1.29, 1.82) is 5.26 Å². The highest BCUT2D eigenvalue weighted by atomic mass is 16.3. The molecule has 0 aliphatic heterocycles. The number of aromatic nitrogens is 1. The molecule has 0 fully saturated rings. The Hall–Kier alpha value is -7.35. The zero-order valence-corrected chi connectivity index (χ0v) is 32.8. The van der Waals surface area contributed by atoms with Gasteiger partial charge in [-0.05, 0) is 142 Å². The lowest BCUT2D eigenvalue weighted by Gasteiger charge is -2.19. The number of nitrogens with zero attached hydrogens (tertiary/aromatic N) is 2. The molecule has 3 heterocycles. The molecular weight excluding hydrogens is 721 g/mol. The second kappa shape index (κ2) is 12.8. The average Bonchev–Trinajstić information content (AvgIpc) is 3.90. The number of benzene rings is 8. The minimum absolute atomic E-state index is 0.276. The average molecular weight is 759 g/mol. The van der Waals surface area contributed by atoms with Crippen LogP contribution in [0.5, 0.6) is 0 Å². The summed E-state index contributed by atoms with van der Waals surface area (Å²) in [6, 6.07) is 59.1. The molecule has 0 bridgehead atoms. The largest absolute Gasteiger partial charge is 0.456 e. The fourth-order valence-corrected chi connectivity index (χ4v) is 9.87. The van der Waals surface area contributed by atoms with Gasteiger partial charge in [-0.2, -0.15) is 5.26 Å². The predicted molar refractivity (Wildman–Crippen MR) is 242 cm³/mol. The van der Waals surface area contributed by atoms with E-state index in [0.29, 0.717) is 11.5 Å². The van der Waals surface area contributed by atoms with E-state index >= 15 is 0 Å². The van der Waals surface area contributed by atoms with Crippen molar-refractivity contribution in [1.82, 2.24) is 4.57 Å². The molecule has 1 atom stereocenters. The number of fused-ring (bicyclic) bond motifs is 12. The minimum Gasteiger partial charge on any atom is -0.456 e. The van der Waals surface area contributed by atoms with Crippen molar-refractivity contribution in [2.24, 2.45) is 0 Å². The summed E-state index contributed by atoms with van der Waals surface area (Å²) in [4.78, 5) is 0. The first-order chi connectivity index (χ1) is 29.0. The van der Waals surface area contributed by atoms with Crippen molar-refractivity contribution in [2.45, 2.75) is 38.5 Å². The summed E-state index contributed by atoms with van der Waals surface area (Å²) in [6.07, 6.45) is 2.09. The standard InChI is InChI=1S/C55H38N2O2/c1-32(2)35-13-12-34-14-19-40(41-7-3-4-8-42(41)44(34)26-35)38-17-23-54-48(29-38)46-27-36(15-21-52(46)58-54)37-16-22-53-47(28-37)49-30-39(18-24-55(49)59-53)57-50-10-6-5-9-43(50)45-25-33(31-56)11-20-51(45)57/h3-13,15-18,20-30,32,40H,14,19H2,1-2H3. The minimum atomic E-state index is 0.276. The molecular formula is C55H38N2O2. The van der Waals surface area contributed by atoms with Crippen LogP contribution in [0.4, 0.5) is 0 Å². The van der Waals surface area contributed by atoms with Crippen LogP contribution < -0.4 is 0 Å². The van der Waals surface area contributed by atoms with Crippen LogP contribution in [0.25, 0.3) is 93.6 Å². The van der Waals surface area contributed by atoms with Gasteiger partial charge in [-0.1, -0.05) is 92.7 Å². The highest BCUT2D eigenvalue weighted by Gasteiger charge is 2.25. The number of furan rings is 2. The molecule has 280 valence electrons. The lowest BCUT2D eigenvalue weighted by Crippen LogP contribution is -2.02. The third kappa shape index (κ3) is 5.21. The van der Waals surface area contributed by atoms with E-state index in [1.807, 2.05) is 12.1 Å². The summed E-state index contributed by atoms with van der Waals surface area (Å²) >= 11 is 0. The molecule has 0 radical (unpaired) electrons. The maximum absolute atomic E-state index is 9.65. The Kier molecular flexibility index (Phi) is 7.34. The van der Waals surface area contributed by atoms with Gasteiger partial charge in [0, 0.05) is 43.9 Å². The highest BCUT2D eigenvalue weighted by molar-refractivity contribution is 6.12. The van der Waals surface area contributed by atoms with Gasteiger partial charge >= 0.3 is 0 Å². The molecule has 59 heavy (non-hydrogen) atoms. The smallest absolute Gasteiger partial charge is 0.135 e. The fourth-order valence-electron chi connectivity index (χ4n) is 9.87. The molecule has 1 aliphatic rings. The lowest BCUT2D eigenvalue weighted by atomic mass is 9.85. The molecule has 1 aliphatic carbocycles. The SMILES string of the molecule is CC(C)c1ccc2c(c1)-c1ccccc1C(c1ccc3oc4ccc(-c5ccc6oc7ccc(-n8c9ccccc9c9cc(C#N)ccc98)cc7c6c5)cc4c3c1)CC2. The second-order valence-corrected chi connectivity index (χ2v) is 16.5. The van der Waals surface area contributed by atoms with E-state index in [4.69, 9.17) is 8.83 Å². The monoisotopic (exact) mass is 758 g/mol. The van der Waals surface area contributed by atoms with Crippen LogP contribution in [0, 0.1) is 11.3 Å². The van der Waals surface area contributed by atoms with Crippen LogP contribution in [-0.2, 0) is 6.42 Å². The third-order valence-corrected chi connectivity index (χ3v) is 12.9. The molecule has 11 aromatic rings. The van der Waals surface area contributed by atoms with Crippen molar-refractivity contribution in [2.75, 3.05) is 0 Å². The molecule has 0 amide bonds. The van der Waals surface area contributed by atoms with E-state index in [1.165, 1.54) is 33.4 Å².